The van der Waals surface area contributed by atoms with Crippen LogP contribution in [0.3, 0.4) is 0 Å². The van der Waals surface area contributed by atoms with Crippen LogP contribution in [0.4, 0.5) is 4.79 Å². The molecule has 2 aliphatic carbocycles. The van der Waals surface area contributed by atoms with E-state index in [9.17, 15) is 14.7 Å². The first-order chi connectivity index (χ1) is 9.56. The molecule has 2 saturated carbocycles. The van der Waals surface area contributed by atoms with Crippen LogP contribution in [0.25, 0.3) is 0 Å². The topological polar surface area (TPSA) is 98.7 Å². The summed E-state index contributed by atoms with van der Waals surface area (Å²) in [5.74, 6) is -0.823. The number of aliphatic carboxylic acids is 1. The first-order valence-electron chi connectivity index (χ1n) is 7.51. The van der Waals surface area contributed by atoms with E-state index in [4.69, 9.17) is 5.11 Å². The first-order valence-corrected chi connectivity index (χ1v) is 7.51. The summed E-state index contributed by atoms with van der Waals surface area (Å²) < 4.78 is 0. The van der Waals surface area contributed by atoms with E-state index in [1.165, 1.54) is 0 Å². The number of carboxylic acids is 1. The Bertz CT molecular complexity index is 353. The molecule has 0 radical (unpaired) electrons. The highest BCUT2D eigenvalue weighted by Crippen LogP contribution is 2.25. The second-order valence-electron chi connectivity index (χ2n) is 6.00. The number of carboxylic acid groups (broad SMARTS) is 1. The lowest BCUT2D eigenvalue weighted by atomic mass is 9.86. The van der Waals surface area contributed by atoms with Crippen LogP contribution < -0.4 is 10.6 Å². The lowest BCUT2D eigenvalue weighted by molar-refractivity contribution is -0.142. The normalized spacial score (nSPS) is 33.6. The number of nitrogens with one attached hydrogen (secondary N) is 2. The van der Waals surface area contributed by atoms with Gasteiger partial charge in [-0.3, -0.25) is 4.79 Å². The smallest absolute Gasteiger partial charge is 0.315 e. The van der Waals surface area contributed by atoms with Crippen LogP contribution in [0.5, 0.6) is 0 Å². The summed E-state index contributed by atoms with van der Waals surface area (Å²) in [7, 11) is 0. The van der Waals surface area contributed by atoms with E-state index in [2.05, 4.69) is 10.6 Å². The molecule has 0 unspecified atom stereocenters. The highest BCUT2D eigenvalue weighted by Gasteiger charge is 2.28. The number of hydrogen-bond donors (Lipinski definition) is 4. The molecule has 0 spiro atoms. The van der Waals surface area contributed by atoms with Crippen molar-refractivity contribution in [3.63, 3.8) is 0 Å². The highest BCUT2D eigenvalue weighted by molar-refractivity contribution is 5.74. The minimum atomic E-state index is -0.733. The molecular weight excluding hydrogens is 260 g/mol. The molecule has 6 heteroatoms. The molecule has 2 amide bonds. The number of aliphatic hydroxyl groups is 1. The van der Waals surface area contributed by atoms with Crippen molar-refractivity contribution in [2.75, 3.05) is 6.54 Å². The zero-order chi connectivity index (χ0) is 14.5. The van der Waals surface area contributed by atoms with Crippen molar-refractivity contribution in [2.24, 2.45) is 11.8 Å². The Morgan fingerprint density at radius 2 is 1.75 bits per heavy atom. The summed E-state index contributed by atoms with van der Waals surface area (Å²) in [5, 5.41) is 24.3. The first kappa shape index (κ1) is 15.1. The van der Waals surface area contributed by atoms with Crippen LogP contribution in [0.1, 0.15) is 44.9 Å². The maximum Gasteiger partial charge on any atom is 0.315 e. The third-order valence-corrected chi connectivity index (χ3v) is 4.56. The van der Waals surface area contributed by atoms with Crippen LogP contribution >= 0.6 is 0 Å². The van der Waals surface area contributed by atoms with Crippen molar-refractivity contribution in [1.29, 1.82) is 0 Å². The zero-order valence-electron chi connectivity index (χ0n) is 11.7. The number of aliphatic hydroxyl groups excluding tert-OH is 1. The minimum absolute atomic E-state index is 0.0686. The Labute approximate surface area is 118 Å². The molecule has 0 aromatic carbocycles. The van der Waals surface area contributed by atoms with Crippen LogP contribution in [0, 0.1) is 11.8 Å². The highest BCUT2D eigenvalue weighted by atomic mass is 16.4. The number of hydrogen-bond acceptors (Lipinski definition) is 3. The average Bonchev–Trinajstić information content (AvgIpc) is 2.82. The van der Waals surface area contributed by atoms with Crippen molar-refractivity contribution in [1.82, 2.24) is 10.6 Å². The quantitative estimate of drug-likeness (QED) is 0.621. The fourth-order valence-electron chi connectivity index (χ4n) is 3.20. The maximum absolute atomic E-state index is 11.8. The van der Waals surface area contributed by atoms with Gasteiger partial charge in [-0.2, -0.15) is 0 Å². The second kappa shape index (κ2) is 6.92. The standard InChI is InChI=1S/C14H24N2O4/c17-12-3-1-2-10(12)8-15-14(20)16-11-6-4-9(5-7-11)13(18)19/h9-12,17H,1-8H2,(H,18,19)(H2,15,16,20)/t9?,10-,11?,12+/m0/s1. The van der Waals surface area contributed by atoms with Gasteiger partial charge in [-0.1, -0.05) is 6.42 Å². The number of carbonyl (C=O) groups is 2. The molecule has 2 rings (SSSR count). The van der Waals surface area contributed by atoms with Gasteiger partial charge in [0.05, 0.1) is 12.0 Å². The lowest BCUT2D eigenvalue weighted by Gasteiger charge is -2.27. The number of carbonyl (C=O) groups excluding carboxylic acids is 1. The predicted octanol–water partition coefficient (Wildman–Crippen LogP) is 1.09. The van der Waals surface area contributed by atoms with Gasteiger partial charge in [0.2, 0.25) is 0 Å². The molecule has 0 heterocycles. The molecule has 2 fully saturated rings. The molecule has 0 aromatic heterocycles. The van der Waals surface area contributed by atoms with Crippen molar-refractivity contribution < 1.29 is 19.8 Å². The van der Waals surface area contributed by atoms with Crippen molar-refractivity contribution in [2.45, 2.75) is 57.1 Å². The van der Waals surface area contributed by atoms with E-state index in [-0.39, 0.29) is 30.0 Å². The Morgan fingerprint density at radius 3 is 2.30 bits per heavy atom. The molecule has 0 aliphatic heterocycles. The summed E-state index contributed by atoms with van der Waals surface area (Å²) in [4.78, 5) is 22.6. The number of rotatable bonds is 4. The van der Waals surface area contributed by atoms with Gasteiger partial charge in [0, 0.05) is 18.5 Å². The molecule has 2 aliphatic rings. The van der Waals surface area contributed by atoms with Crippen molar-refractivity contribution in [3.8, 4) is 0 Å². The van der Waals surface area contributed by atoms with Gasteiger partial charge in [0.1, 0.15) is 0 Å². The Hall–Kier alpha value is -1.30. The summed E-state index contributed by atoms with van der Waals surface area (Å²) in [6.45, 7) is 0.511. The molecule has 114 valence electrons. The number of amides is 2. The molecular formula is C14H24N2O4. The van der Waals surface area contributed by atoms with E-state index < -0.39 is 5.97 Å². The summed E-state index contributed by atoms with van der Waals surface area (Å²) >= 11 is 0. The van der Waals surface area contributed by atoms with Gasteiger partial charge < -0.3 is 20.8 Å². The number of urea groups is 1. The van der Waals surface area contributed by atoms with Gasteiger partial charge >= 0.3 is 12.0 Å². The van der Waals surface area contributed by atoms with Crippen molar-refractivity contribution in [3.05, 3.63) is 0 Å². The fraction of sp³-hybridized carbons (Fsp3) is 0.857. The third-order valence-electron chi connectivity index (χ3n) is 4.56. The van der Waals surface area contributed by atoms with Crippen LogP contribution in [0.15, 0.2) is 0 Å². The minimum Gasteiger partial charge on any atom is -0.481 e. The van der Waals surface area contributed by atoms with Gasteiger partial charge in [-0.05, 0) is 38.5 Å². The summed E-state index contributed by atoms with van der Waals surface area (Å²) in [5.41, 5.74) is 0. The van der Waals surface area contributed by atoms with Gasteiger partial charge in [-0.15, -0.1) is 0 Å². The monoisotopic (exact) mass is 284 g/mol. The van der Waals surface area contributed by atoms with Gasteiger partial charge in [-0.25, -0.2) is 4.79 Å². The lowest BCUT2D eigenvalue weighted by Crippen LogP contribution is -2.45. The third kappa shape index (κ3) is 4.10. The second-order valence-corrected chi connectivity index (χ2v) is 6.00. The molecule has 0 saturated heterocycles. The Morgan fingerprint density at radius 1 is 1.05 bits per heavy atom. The maximum atomic E-state index is 11.8. The largest absolute Gasteiger partial charge is 0.481 e. The predicted molar refractivity (Wildman–Crippen MR) is 73.3 cm³/mol. The molecule has 0 bridgehead atoms. The Balaban J connectivity index is 1.64. The summed E-state index contributed by atoms with van der Waals surface area (Å²) in [6.07, 6.45) is 5.21. The van der Waals surface area contributed by atoms with Crippen molar-refractivity contribution >= 4 is 12.0 Å². The molecule has 2 atom stereocenters. The average molecular weight is 284 g/mol. The SMILES string of the molecule is O=C(NC[C@@H]1CCC[C@H]1O)NC1CCC(C(=O)O)CC1. The van der Waals surface area contributed by atoms with Crippen LogP contribution in [-0.4, -0.2) is 40.9 Å². The van der Waals surface area contributed by atoms with E-state index in [1.807, 2.05) is 0 Å². The van der Waals surface area contributed by atoms with E-state index in [0.717, 1.165) is 32.1 Å². The molecule has 4 N–H and O–H groups in total. The van der Waals surface area contributed by atoms with Gasteiger partial charge in [0.25, 0.3) is 0 Å². The zero-order valence-corrected chi connectivity index (χ0v) is 11.7. The van der Waals surface area contributed by atoms with E-state index >= 15 is 0 Å². The molecule has 0 aromatic rings. The molecule has 20 heavy (non-hydrogen) atoms. The summed E-state index contributed by atoms with van der Waals surface area (Å²) in [6, 6.07) is -0.137. The van der Waals surface area contributed by atoms with E-state index in [1.54, 1.807) is 0 Å². The molecule has 6 nitrogen and oxygen atoms in total. The fourth-order valence-corrected chi connectivity index (χ4v) is 3.20. The van der Waals surface area contributed by atoms with Gasteiger partial charge in [0.15, 0.2) is 0 Å². The van der Waals surface area contributed by atoms with Crippen LogP contribution in [-0.2, 0) is 4.79 Å². The Kier molecular flexibility index (Phi) is 5.23. The van der Waals surface area contributed by atoms with E-state index in [0.29, 0.717) is 19.4 Å². The van der Waals surface area contributed by atoms with Crippen LogP contribution in [0.2, 0.25) is 0 Å².